The van der Waals surface area contributed by atoms with Gasteiger partial charge in [-0.05, 0) is 18.6 Å². The number of aryl methyl sites for hydroxylation is 3. The minimum absolute atomic E-state index is 0.308. The number of nitrogens with zero attached hydrogens (tertiary/aromatic N) is 3. The lowest BCUT2D eigenvalue weighted by atomic mass is 9.75. The third-order valence-electron chi connectivity index (χ3n) is 6.98. The molecular formula is C25H25F2N3O2+2. The van der Waals surface area contributed by atoms with Crippen LogP contribution < -0.4 is 20.3 Å². The SMILES string of the molecule is CCC1(CC)C(=c2oc(=O)c3n2cc(C)[n+]3C)c2cc(F)cc(F)c2-c2cc(C)cc[n+]21. The van der Waals surface area contributed by atoms with Gasteiger partial charge in [-0.15, -0.1) is 0 Å². The predicted molar refractivity (Wildman–Crippen MR) is 115 cm³/mol. The summed E-state index contributed by atoms with van der Waals surface area (Å²) in [5.74, 6) is -1.31. The molecule has 4 aromatic rings. The largest absolute Gasteiger partial charge is 0.430 e. The number of hydrogen-bond donors (Lipinski definition) is 0. The second-order valence-corrected chi connectivity index (χ2v) is 8.60. The van der Waals surface area contributed by atoms with Crippen LogP contribution in [0, 0.1) is 25.5 Å². The van der Waals surface area contributed by atoms with Crippen LogP contribution in [0.3, 0.4) is 0 Å². The minimum Gasteiger partial charge on any atom is -0.379 e. The molecule has 0 aliphatic carbocycles. The minimum atomic E-state index is -0.666. The van der Waals surface area contributed by atoms with Crippen LogP contribution in [0.1, 0.15) is 43.5 Å². The van der Waals surface area contributed by atoms with E-state index in [1.165, 1.54) is 6.07 Å². The highest BCUT2D eigenvalue weighted by Crippen LogP contribution is 2.44. The number of hydrogen-bond acceptors (Lipinski definition) is 2. The van der Waals surface area contributed by atoms with Crippen molar-refractivity contribution in [3.8, 4) is 11.3 Å². The Balaban J connectivity index is 2.10. The number of imidazole rings is 1. The van der Waals surface area contributed by atoms with Crippen LogP contribution in [0.5, 0.6) is 0 Å². The Morgan fingerprint density at radius 3 is 2.53 bits per heavy atom. The summed E-state index contributed by atoms with van der Waals surface area (Å²) in [5.41, 5.74) is 3.42. The Kier molecular flexibility index (Phi) is 4.38. The molecule has 0 saturated heterocycles. The first-order valence-electron chi connectivity index (χ1n) is 10.8. The summed E-state index contributed by atoms with van der Waals surface area (Å²) in [6, 6.07) is 6.16. The normalized spacial score (nSPS) is 16.3. The van der Waals surface area contributed by atoms with Gasteiger partial charge in [0.25, 0.3) is 0 Å². The number of rotatable bonds is 2. The highest BCUT2D eigenvalue weighted by Gasteiger charge is 2.51. The Morgan fingerprint density at radius 1 is 1.12 bits per heavy atom. The van der Waals surface area contributed by atoms with Gasteiger partial charge >= 0.3 is 16.8 Å². The van der Waals surface area contributed by atoms with E-state index in [1.807, 2.05) is 56.8 Å². The van der Waals surface area contributed by atoms with Gasteiger partial charge in [0.15, 0.2) is 6.20 Å². The maximum Gasteiger partial charge on any atom is 0.430 e. The van der Waals surface area contributed by atoms with Crippen molar-refractivity contribution in [2.45, 2.75) is 46.1 Å². The van der Waals surface area contributed by atoms with Gasteiger partial charge in [-0.1, -0.05) is 13.8 Å². The van der Waals surface area contributed by atoms with Crippen LogP contribution >= 0.6 is 0 Å². The van der Waals surface area contributed by atoms with Crippen LogP contribution in [0.25, 0.3) is 22.5 Å². The molecule has 32 heavy (non-hydrogen) atoms. The van der Waals surface area contributed by atoms with Gasteiger partial charge in [-0.3, -0.25) is 0 Å². The number of aromatic nitrogens is 3. The first-order chi connectivity index (χ1) is 15.2. The number of fused-ring (bicyclic) bond motifs is 4. The highest BCUT2D eigenvalue weighted by molar-refractivity contribution is 5.83. The average Bonchev–Trinajstić information content (AvgIpc) is 3.22. The molecule has 5 rings (SSSR count). The quantitative estimate of drug-likeness (QED) is 0.453. The van der Waals surface area contributed by atoms with E-state index in [0.29, 0.717) is 46.4 Å². The summed E-state index contributed by atoms with van der Waals surface area (Å²) in [5, 5.41) is 0. The van der Waals surface area contributed by atoms with Gasteiger partial charge in [0.2, 0.25) is 11.2 Å². The summed E-state index contributed by atoms with van der Waals surface area (Å²) in [4.78, 5) is 12.8. The lowest BCUT2D eigenvalue weighted by molar-refractivity contribution is -0.741. The molecule has 1 aliphatic heterocycles. The number of halogens is 2. The summed E-state index contributed by atoms with van der Waals surface area (Å²) in [6.45, 7) is 7.93. The molecule has 7 heteroatoms. The molecule has 0 atom stereocenters. The monoisotopic (exact) mass is 437 g/mol. The summed E-state index contributed by atoms with van der Waals surface area (Å²) < 4.78 is 41.2. The van der Waals surface area contributed by atoms with Crippen LogP contribution in [0.4, 0.5) is 8.78 Å². The van der Waals surface area contributed by atoms with Crippen molar-refractivity contribution < 1.29 is 22.3 Å². The highest BCUT2D eigenvalue weighted by atomic mass is 19.1. The molecule has 1 aliphatic rings. The average molecular weight is 437 g/mol. The summed E-state index contributed by atoms with van der Waals surface area (Å²) >= 11 is 0. The molecule has 0 N–H and O–H groups in total. The molecule has 1 aromatic carbocycles. The molecule has 0 radical (unpaired) electrons. The van der Waals surface area contributed by atoms with E-state index in [2.05, 4.69) is 0 Å². The maximum atomic E-state index is 15.3. The third kappa shape index (κ3) is 2.51. The van der Waals surface area contributed by atoms with E-state index in [9.17, 15) is 9.18 Å². The first kappa shape index (κ1) is 20.5. The van der Waals surface area contributed by atoms with E-state index < -0.39 is 22.8 Å². The third-order valence-corrected chi connectivity index (χ3v) is 6.98. The predicted octanol–water partition coefficient (Wildman–Crippen LogP) is 3.01. The van der Waals surface area contributed by atoms with Gasteiger partial charge in [-0.25, -0.2) is 18.1 Å². The van der Waals surface area contributed by atoms with E-state index in [-0.39, 0.29) is 0 Å². The van der Waals surface area contributed by atoms with Gasteiger partial charge in [0.1, 0.15) is 29.1 Å². The van der Waals surface area contributed by atoms with Crippen molar-refractivity contribution in [2.75, 3.05) is 0 Å². The topological polar surface area (TPSA) is 42.4 Å². The smallest absolute Gasteiger partial charge is 0.379 e. The van der Waals surface area contributed by atoms with E-state index in [0.717, 1.165) is 17.3 Å². The maximum absolute atomic E-state index is 15.3. The van der Waals surface area contributed by atoms with Crippen molar-refractivity contribution in [1.82, 2.24) is 4.40 Å². The van der Waals surface area contributed by atoms with Crippen LogP contribution in [-0.4, -0.2) is 4.40 Å². The van der Waals surface area contributed by atoms with Gasteiger partial charge < -0.3 is 4.42 Å². The standard InChI is InChI=1S/C25H25F2N3O2/c1-6-25(7-2)21(23-29-13-15(4)28(5)22(29)24(31)32-23)17-11-16(26)12-18(27)20(17)19-10-14(3)8-9-30(19)25/h8-13H,6-7H2,1-5H3/q+2. The van der Waals surface area contributed by atoms with Crippen molar-refractivity contribution in [3.05, 3.63) is 81.1 Å². The molecule has 5 nitrogen and oxygen atoms in total. The van der Waals surface area contributed by atoms with E-state index in [4.69, 9.17) is 4.42 Å². The van der Waals surface area contributed by atoms with Crippen molar-refractivity contribution in [2.24, 2.45) is 7.05 Å². The zero-order valence-corrected chi connectivity index (χ0v) is 18.8. The van der Waals surface area contributed by atoms with E-state index in [1.54, 1.807) is 16.0 Å². The fourth-order valence-corrected chi connectivity index (χ4v) is 5.24. The molecule has 0 unspecified atom stereocenters. The molecular weight excluding hydrogens is 412 g/mol. The van der Waals surface area contributed by atoms with Gasteiger partial charge in [0, 0.05) is 43.5 Å². The first-order valence-corrected chi connectivity index (χ1v) is 10.8. The van der Waals surface area contributed by atoms with Gasteiger partial charge in [0.05, 0.1) is 12.6 Å². The molecule has 0 fully saturated rings. The van der Waals surface area contributed by atoms with Crippen LogP contribution in [0.15, 0.2) is 45.9 Å². The summed E-state index contributed by atoms with van der Waals surface area (Å²) in [7, 11) is 1.80. The number of pyridine rings is 1. The molecule has 0 saturated carbocycles. The molecule has 3 aromatic heterocycles. The van der Waals surface area contributed by atoms with Crippen LogP contribution in [-0.2, 0) is 12.6 Å². The Hall–Kier alpha value is -3.35. The fraction of sp³-hybridized carbons (Fsp3) is 0.320. The lowest BCUT2D eigenvalue weighted by Gasteiger charge is -2.34. The Morgan fingerprint density at radius 2 is 1.84 bits per heavy atom. The fourth-order valence-electron chi connectivity index (χ4n) is 5.24. The molecule has 164 valence electrons. The molecule has 0 bridgehead atoms. The van der Waals surface area contributed by atoms with Gasteiger partial charge in [-0.2, -0.15) is 8.97 Å². The number of oxazole rings is 1. The van der Waals surface area contributed by atoms with Crippen molar-refractivity contribution >= 4 is 11.2 Å². The molecule has 0 spiro atoms. The zero-order chi connectivity index (χ0) is 22.9. The lowest BCUT2D eigenvalue weighted by Crippen LogP contribution is -2.61. The molecule has 4 heterocycles. The van der Waals surface area contributed by atoms with Crippen LogP contribution in [0.2, 0.25) is 0 Å². The second-order valence-electron chi connectivity index (χ2n) is 8.60. The van der Waals surface area contributed by atoms with Crippen molar-refractivity contribution in [3.63, 3.8) is 0 Å². The zero-order valence-electron chi connectivity index (χ0n) is 18.8. The van der Waals surface area contributed by atoms with E-state index >= 15 is 4.39 Å². The number of benzene rings is 1. The van der Waals surface area contributed by atoms with Crippen molar-refractivity contribution in [1.29, 1.82) is 0 Å². The Labute approximate surface area is 183 Å². The Bertz CT molecular complexity index is 1530. The second kappa shape index (κ2) is 6.82. The molecule has 0 amide bonds. The summed E-state index contributed by atoms with van der Waals surface area (Å²) in [6.07, 6.45) is 5.05.